The number of rotatable bonds is 4. The fraction of sp³-hybridized carbons (Fsp3) is 0. The molecule has 0 atom stereocenters. The summed E-state index contributed by atoms with van der Waals surface area (Å²) >= 11 is 0. The van der Waals surface area contributed by atoms with E-state index in [9.17, 15) is 14.9 Å². The van der Waals surface area contributed by atoms with Crippen LogP contribution in [0.25, 0.3) is 16.7 Å². The number of imidazole rings is 1. The Hall–Kier alpha value is -4.01. The molecule has 0 radical (unpaired) electrons. The second-order valence-corrected chi connectivity index (χ2v) is 5.50. The van der Waals surface area contributed by atoms with E-state index >= 15 is 0 Å². The van der Waals surface area contributed by atoms with Crippen molar-refractivity contribution in [2.75, 3.05) is 5.32 Å². The van der Waals surface area contributed by atoms with Crippen LogP contribution in [0.15, 0.2) is 61.1 Å². The van der Waals surface area contributed by atoms with E-state index in [4.69, 9.17) is 0 Å². The number of nitrogens with one attached hydrogen (secondary N) is 2. The van der Waals surface area contributed by atoms with Gasteiger partial charge in [-0.25, -0.2) is 4.98 Å². The molecule has 0 spiro atoms. The lowest BCUT2D eigenvalue weighted by Crippen LogP contribution is -2.14. The number of hydrogen-bond donors (Lipinski definition) is 2. The third-order valence-electron chi connectivity index (χ3n) is 3.88. The Morgan fingerprint density at radius 3 is 2.77 bits per heavy atom. The van der Waals surface area contributed by atoms with Crippen LogP contribution in [0.1, 0.15) is 10.5 Å². The van der Waals surface area contributed by atoms with E-state index in [1.165, 1.54) is 0 Å². The van der Waals surface area contributed by atoms with E-state index in [2.05, 4.69) is 20.5 Å². The molecule has 0 aliphatic carbocycles. The number of carbonyl (C=O) groups is 1. The molecule has 2 N–H and O–H groups in total. The maximum absolute atomic E-state index is 12.3. The second-order valence-electron chi connectivity index (χ2n) is 5.50. The average molecular weight is 348 g/mol. The highest BCUT2D eigenvalue weighted by molar-refractivity contribution is 6.06. The first-order chi connectivity index (χ1) is 12.6. The van der Waals surface area contributed by atoms with Crippen LogP contribution in [0.4, 0.5) is 11.4 Å². The maximum atomic E-state index is 12.3. The van der Waals surface area contributed by atoms with Crippen molar-refractivity contribution in [3.05, 3.63) is 76.9 Å². The topological polar surface area (TPSA) is 119 Å². The van der Waals surface area contributed by atoms with Crippen LogP contribution >= 0.6 is 0 Å². The number of aromatic nitrogens is 4. The summed E-state index contributed by atoms with van der Waals surface area (Å²) in [6, 6.07) is 15.0. The van der Waals surface area contributed by atoms with E-state index in [0.717, 1.165) is 17.4 Å². The first-order valence-electron chi connectivity index (χ1n) is 7.65. The molecule has 0 saturated carbocycles. The number of aromatic amines is 1. The van der Waals surface area contributed by atoms with Crippen LogP contribution in [0.2, 0.25) is 0 Å². The van der Waals surface area contributed by atoms with Crippen molar-refractivity contribution in [1.82, 2.24) is 19.7 Å². The number of para-hydroxylation sites is 1. The van der Waals surface area contributed by atoms with Crippen LogP contribution < -0.4 is 5.32 Å². The Balaban J connectivity index is 1.63. The smallest absolute Gasteiger partial charge is 0.319 e. The Bertz CT molecular complexity index is 1120. The zero-order valence-electron chi connectivity index (χ0n) is 13.3. The third-order valence-corrected chi connectivity index (χ3v) is 3.88. The molecule has 0 aliphatic rings. The summed E-state index contributed by atoms with van der Waals surface area (Å²) in [5, 5.41) is 19.4. The normalized spacial score (nSPS) is 10.8. The summed E-state index contributed by atoms with van der Waals surface area (Å²) in [6.45, 7) is 0. The highest BCUT2D eigenvalue weighted by Crippen LogP contribution is 2.23. The molecule has 128 valence electrons. The standard InChI is InChI=1S/C17H12N6O3/c24-17(16-15(23(25)26)9-19-21-16)20-11-6-7-14-13(8-11)18-10-22(14)12-4-2-1-3-5-12/h1-10H,(H,19,21)(H,20,24). The molecule has 2 aromatic heterocycles. The number of benzene rings is 2. The summed E-state index contributed by atoms with van der Waals surface area (Å²) in [5.41, 5.74) is 2.43. The number of nitrogens with zero attached hydrogens (tertiary/aromatic N) is 4. The fourth-order valence-electron chi connectivity index (χ4n) is 2.66. The summed E-state index contributed by atoms with van der Waals surface area (Å²) in [4.78, 5) is 26.8. The van der Waals surface area contributed by atoms with Crippen molar-refractivity contribution in [2.45, 2.75) is 0 Å². The van der Waals surface area contributed by atoms with Gasteiger partial charge in [0.1, 0.15) is 12.5 Å². The molecule has 1 amide bonds. The number of fused-ring (bicyclic) bond motifs is 1. The zero-order chi connectivity index (χ0) is 18.1. The van der Waals surface area contributed by atoms with Gasteiger partial charge in [0.05, 0.1) is 16.0 Å². The molecule has 0 aliphatic heterocycles. The number of carbonyl (C=O) groups excluding carboxylic acids is 1. The molecular formula is C17H12N6O3. The van der Waals surface area contributed by atoms with Gasteiger partial charge in [0.25, 0.3) is 5.91 Å². The van der Waals surface area contributed by atoms with Gasteiger partial charge in [-0.05, 0) is 30.3 Å². The summed E-state index contributed by atoms with van der Waals surface area (Å²) < 4.78 is 1.93. The molecule has 2 heterocycles. The number of amides is 1. The monoisotopic (exact) mass is 348 g/mol. The summed E-state index contributed by atoms with van der Waals surface area (Å²) in [7, 11) is 0. The van der Waals surface area contributed by atoms with E-state index in [0.29, 0.717) is 11.2 Å². The van der Waals surface area contributed by atoms with Gasteiger partial charge in [-0.2, -0.15) is 5.10 Å². The van der Waals surface area contributed by atoms with E-state index < -0.39 is 10.8 Å². The highest BCUT2D eigenvalue weighted by atomic mass is 16.6. The molecule has 26 heavy (non-hydrogen) atoms. The lowest BCUT2D eigenvalue weighted by Gasteiger charge is -2.06. The van der Waals surface area contributed by atoms with Gasteiger partial charge < -0.3 is 5.32 Å². The van der Waals surface area contributed by atoms with Crippen LogP contribution in [-0.2, 0) is 0 Å². The molecule has 0 saturated heterocycles. The SMILES string of the molecule is O=C(Nc1ccc2c(c1)ncn2-c1ccccc1)c1[nH]ncc1[N+](=O)[O-]. The summed E-state index contributed by atoms with van der Waals surface area (Å²) in [6.07, 6.45) is 2.70. The first kappa shape index (κ1) is 15.5. The van der Waals surface area contributed by atoms with Crippen molar-refractivity contribution in [3.63, 3.8) is 0 Å². The molecule has 2 aromatic carbocycles. The highest BCUT2D eigenvalue weighted by Gasteiger charge is 2.22. The van der Waals surface area contributed by atoms with Gasteiger partial charge in [0.2, 0.25) is 5.69 Å². The number of H-pyrrole nitrogens is 1. The van der Waals surface area contributed by atoms with Crippen molar-refractivity contribution in [2.24, 2.45) is 0 Å². The van der Waals surface area contributed by atoms with Crippen LogP contribution in [0.5, 0.6) is 0 Å². The molecule has 0 bridgehead atoms. The van der Waals surface area contributed by atoms with Gasteiger partial charge in [0.15, 0.2) is 0 Å². The Morgan fingerprint density at radius 2 is 2.00 bits per heavy atom. The van der Waals surface area contributed by atoms with Crippen LogP contribution in [-0.4, -0.2) is 30.6 Å². The molecule has 9 nitrogen and oxygen atoms in total. The molecule has 0 unspecified atom stereocenters. The molecular weight excluding hydrogens is 336 g/mol. The Kier molecular flexibility index (Phi) is 3.66. The molecule has 9 heteroatoms. The molecule has 4 rings (SSSR count). The quantitative estimate of drug-likeness (QED) is 0.434. The van der Waals surface area contributed by atoms with E-state index in [1.807, 2.05) is 41.0 Å². The van der Waals surface area contributed by atoms with Gasteiger partial charge in [-0.1, -0.05) is 18.2 Å². The number of hydrogen-bond acceptors (Lipinski definition) is 5. The summed E-state index contributed by atoms with van der Waals surface area (Å²) in [5.74, 6) is -0.643. The second kappa shape index (κ2) is 6.13. The maximum Gasteiger partial charge on any atom is 0.319 e. The third kappa shape index (κ3) is 2.67. The largest absolute Gasteiger partial charge is 0.320 e. The van der Waals surface area contributed by atoms with E-state index in [1.54, 1.807) is 18.5 Å². The average Bonchev–Trinajstić information content (AvgIpc) is 3.29. The fourth-order valence-corrected chi connectivity index (χ4v) is 2.66. The van der Waals surface area contributed by atoms with Crippen molar-refractivity contribution in [1.29, 1.82) is 0 Å². The van der Waals surface area contributed by atoms with Gasteiger partial charge in [-0.3, -0.25) is 24.6 Å². The van der Waals surface area contributed by atoms with Crippen molar-refractivity contribution >= 4 is 28.3 Å². The number of anilines is 1. The van der Waals surface area contributed by atoms with Crippen LogP contribution in [0, 0.1) is 10.1 Å². The van der Waals surface area contributed by atoms with Gasteiger partial charge in [0, 0.05) is 11.4 Å². The predicted molar refractivity (Wildman–Crippen MR) is 94.3 cm³/mol. The van der Waals surface area contributed by atoms with Gasteiger partial charge >= 0.3 is 5.69 Å². The minimum absolute atomic E-state index is 0.204. The van der Waals surface area contributed by atoms with Crippen LogP contribution in [0.3, 0.4) is 0 Å². The van der Waals surface area contributed by atoms with Crippen molar-refractivity contribution in [3.8, 4) is 5.69 Å². The Labute approximate surface area is 146 Å². The zero-order valence-corrected chi connectivity index (χ0v) is 13.3. The molecule has 4 aromatic rings. The first-order valence-corrected chi connectivity index (χ1v) is 7.65. The minimum Gasteiger partial charge on any atom is -0.320 e. The Morgan fingerprint density at radius 1 is 1.19 bits per heavy atom. The van der Waals surface area contributed by atoms with Crippen molar-refractivity contribution < 1.29 is 9.72 Å². The lowest BCUT2D eigenvalue weighted by molar-refractivity contribution is -0.385. The predicted octanol–water partition coefficient (Wildman–Crippen LogP) is 2.91. The minimum atomic E-state index is -0.664. The number of nitro groups is 1. The van der Waals surface area contributed by atoms with E-state index in [-0.39, 0.29) is 11.4 Å². The molecule has 0 fully saturated rings. The lowest BCUT2D eigenvalue weighted by atomic mass is 10.2. The van der Waals surface area contributed by atoms with Gasteiger partial charge in [-0.15, -0.1) is 0 Å².